The van der Waals surface area contributed by atoms with E-state index in [1.165, 1.54) is 4.57 Å². The fourth-order valence-corrected chi connectivity index (χ4v) is 2.81. The van der Waals surface area contributed by atoms with E-state index in [0.717, 1.165) is 11.3 Å². The number of hydrogen-bond donors (Lipinski definition) is 0. The molecule has 0 aliphatic heterocycles. The molecule has 20 heavy (non-hydrogen) atoms. The van der Waals surface area contributed by atoms with Gasteiger partial charge in [0.15, 0.2) is 5.57 Å². The van der Waals surface area contributed by atoms with Crippen LogP contribution in [0, 0.1) is 22.7 Å². The first-order valence-corrected chi connectivity index (χ1v) is 6.69. The Bertz CT molecular complexity index is 862. The molecule has 0 bridgehead atoms. The third kappa shape index (κ3) is 2.51. The van der Waals surface area contributed by atoms with E-state index in [4.69, 9.17) is 10.5 Å². The van der Waals surface area contributed by atoms with Crippen LogP contribution >= 0.6 is 11.3 Å². The second-order valence-corrected chi connectivity index (χ2v) is 4.85. The lowest BCUT2D eigenvalue weighted by Crippen LogP contribution is -2.31. The molecule has 2 aromatic heterocycles. The Labute approximate surface area is 119 Å². The molecule has 0 unspecified atom stereocenters. The van der Waals surface area contributed by atoms with Crippen LogP contribution in [0.5, 0.6) is 0 Å². The molecule has 0 saturated carbocycles. The third-order valence-electron chi connectivity index (χ3n) is 2.63. The summed E-state index contributed by atoms with van der Waals surface area (Å²) in [5.74, 6) is 0. The minimum atomic E-state index is -0.207. The summed E-state index contributed by atoms with van der Waals surface area (Å²) in [7, 11) is 0. The van der Waals surface area contributed by atoms with Crippen molar-refractivity contribution in [1.29, 1.82) is 10.5 Å². The molecule has 6 heteroatoms. The summed E-state index contributed by atoms with van der Waals surface area (Å²) in [6, 6.07) is 9.05. The van der Waals surface area contributed by atoms with Gasteiger partial charge in [0.1, 0.15) is 16.8 Å². The van der Waals surface area contributed by atoms with Gasteiger partial charge in [0.2, 0.25) is 0 Å². The van der Waals surface area contributed by atoms with Gasteiger partial charge < -0.3 is 0 Å². The standard InChI is InChI=1S/C14H10N4OS/c1-2-18-13(19)12(7-11-5-3-4-6-17-11)20-14(18)10(8-15)9-16/h3-7H,2H2,1H3/b12-7+. The minimum absolute atomic E-state index is 0.0466. The molecule has 0 fully saturated rings. The summed E-state index contributed by atoms with van der Waals surface area (Å²) in [5.41, 5.74) is 0.409. The van der Waals surface area contributed by atoms with E-state index < -0.39 is 0 Å². The first-order chi connectivity index (χ1) is 9.71. The zero-order valence-electron chi connectivity index (χ0n) is 10.7. The normalized spacial score (nSPS) is 10.8. The van der Waals surface area contributed by atoms with Gasteiger partial charge in [-0.05, 0) is 25.1 Å². The van der Waals surface area contributed by atoms with Crippen LogP contribution in [0.3, 0.4) is 0 Å². The van der Waals surface area contributed by atoms with Crippen LogP contribution in [-0.4, -0.2) is 9.55 Å². The summed E-state index contributed by atoms with van der Waals surface area (Å²) in [6.07, 6.45) is 3.30. The number of rotatable bonds is 2. The lowest BCUT2D eigenvalue weighted by atomic mass is 10.3. The molecule has 0 aliphatic rings. The van der Waals surface area contributed by atoms with Gasteiger partial charge in [-0.25, -0.2) is 0 Å². The Hall–Kier alpha value is -2.70. The predicted molar refractivity (Wildman–Crippen MR) is 75.9 cm³/mol. The van der Waals surface area contributed by atoms with Crippen LogP contribution in [-0.2, 0) is 6.54 Å². The van der Waals surface area contributed by atoms with Crippen LogP contribution in [0.2, 0.25) is 0 Å². The number of pyridine rings is 1. The number of nitriles is 2. The van der Waals surface area contributed by atoms with Gasteiger partial charge in [-0.2, -0.15) is 10.5 Å². The van der Waals surface area contributed by atoms with Crippen LogP contribution < -0.4 is 14.8 Å². The molecule has 0 aliphatic carbocycles. The predicted octanol–water partition coefficient (Wildman–Crippen LogP) is 0.351. The quantitative estimate of drug-likeness (QED) is 0.796. The van der Waals surface area contributed by atoms with Crippen molar-refractivity contribution in [3.63, 3.8) is 0 Å². The molecule has 0 N–H and O–H groups in total. The van der Waals surface area contributed by atoms with Crippen molar-refractivity contribution in [2.45, 2.75) is 13.5 Å². The van der Waals surface area contributed by atoms with Gasteiger partial charge in [0.25, 0.3) is 5.56 Å². The molecule has 0 spiro atoms. The first-order valence-electron chi connectivity index (χ1n) is 5.88. The average Bonchev–Trinajstić information content (AvgIpc) is 2.78. The molecular formula is C14H10N4OS. The monoisotopic (exact) mass is 282 g/mol. The minimum Gasteiger partial charge on any atom is -0.298 e. The summed E-state index contributed by atoms with van der Waals surface area (Å²) in [5, 5.41) is 17.9. The van der Waals surface area contributed by atoms with Crippen LogP contribution in [0.15, 0.2) is 29.2 Å². The lowest BCUT2D eigenvalue weighted by Gasteiger charge is -1.93. The van der Waals surface area contributed by atoms with Crippen molar-refractivity contribution in [1.82, 2.24) is 9.55 Å². The van der Waals surface area contributed by atoms with E-state index >= 15 is 0 Å². The highest BCUT2D eigenvalue weighted by molar-refractivity contribution is 7.07. The Kier molecular flexibility index (Phi) is 4.09. The van der Waals surface area contributed by atoms with Gasteiger partial charge in [-0.1, -0.05) is 6.07 Å². The Morgan fingerprint density at radius 1 is 1.45 bits per heavy atom. The number of nitrogens with zero attached hydrogens (tertiary/aromatic N) is 4. The molecule has 0 saturated heterocycles. The van der Waals surface area contributed by atoms with E-state index in [0.29, 0.717) is 21.4 Å². The summed E-state index contributed by atoms with van der Waals surface area (Å²) >= 11 is 1.14. The fraction of sp³-hybridized carbons (Fsp3) is 0.143. The number of hydrogen-bond acceptors (Lipinski definition) is 5. The van der Waals surface area contributed by atoms with Crippen molar-refractivity contribution in [3.05, 3.63) is 49.6 Å². The van der Waals surface area contributed by atoms with Crippen molar-refractivity contribution in [3.8, 4) is 12.1 Å². The molecule has 2 heterocycles. The van der Waals surface area contributed by atoms with E-state index in [2.05, 4.69) is 4.98 Å². The smallest absolute Gasteiger partial charge is 0.269 e. The van der Waals surface area contributed by atoms with Gasteiger partial charge in [-0.3, -0.25) is 14.3 Å². The van der Waals surface area contributed by atoms with Gasteiger partial charge >= 0.3 is 0 Å². The SMILES string of the molecule is CCn1c(=C(C#N)C#N)s/c(=C/c2ccccn2)c1=O. The third-order valence-corrected chi connectivity index (χ3v) is 3.76. The largest absolute Gasteiger partial charge is 0.298 e. The maximum absolute atomic E-state index is 12.2. The van der Waals surface area contributed by atoms with Crippen LogP contribution in [0.1, 0.15) is 12.6 Å². The van der Waals surface area contributed by atoms with Crippen molar-refractivity contribution in [2.75, 3.05) is 0 Å². The van der Waals surface area contributed by atoms with E-state index in [1.807, 2.05) is 18.2 Å². The molecular weight excluding hydrogens is 272 g/mol. The van der Waals surface area contributed by atoms with E-state index in [1.54, 1.807) is 31.3 Å². The topological polar surface area (TPSA) is 82.5 Å². The molecule has 2 aromatic rings. The maximum atomic E-state index is 12.2. The van der Waals surface area contributed by atoms with Crippen molar-refractivity contribution < 1.29 is 0 Å². The Balaban J connectivity index is 2.82. The van der Waals surface area contributed by atoms with Crippen molar-refractivity contribution >= 4 is 23.0 Å². The Morgan fingerprint density at radius 2 is 2.20 bits per heavy atom. The molecule has 0 atom stereocenters. The highest BCUT2D eigenvalue weighted by Gasteiger charge is 2.07. The van der Waals surface area contributed by atoms with Gasteiger partial charge in [-0.15, -0.1) is 11.3 Å². The van der Waals surface area contributed by atoms with Crippen LogP contribution in [0.4, 0.5) is 0 Å². The maximum Gasteiger partial charge on any atom is 0.269 e. The lowest BCUT2D eigenvalue weighted by molar-refractivity contribution is 0.722. The second-order valence-electron chi connectivity index (χ2n) is 3.82. The molecule has 0 radical (unpaired) electrons. The van der Waals surface area contributed by atoms with Gasteiger partial charge in [0, 0.05) is 12.7 Å². The Morgan fingerprint density at radius 3 is 2.75 bits per heavy atom. The van der Waals surface area contributed by atoms with Gasteiger partial charge in [0.05, 0.1) is 10.2 Å². The van der Waals surface area contributed by atoms with E-state index in [-0.39, 0.29) is 11.1 Å². The average molecular weight is 282 g/mol. The molecule has 0 aromatic carbocycles. The van der Waals surface area contributed by atoms with Crippen LogP contribution in [0.25, 0.3) is 11.6 Å². The highest BCUT2D eigenvalue weighted by atomic mass is 32.1. The second kappa shape index (κ2) is 5.96. The first kappa shape index (κ1) is 13.7. The zero-order valence-corrected chi connectivity index (χ0v) is 11.5. The zero-order chi connectivity index (χ0) is 14.5. The van der Waals surface area contributed by atoms with Crippen molar-refractivity contribution in [2.24, 2.45) is 0 Å². The molecule has 98 valence electrons. The number of aromatic nitrogens is 2. The summed E-state index contributed by atoms with van der Waals surface area (Å²) < 4.78 is 2.29. The molecule has 2 rings (SSSR count). The number of thiazole rings is 1. The van der Waals surface area contributed by atoms with E-state index in [9.17, 15) is 4.79 Å². The summed E-state index contributed by atoms with van der Waals surface area (Å²) in [4.78, 5) is 16.4. The molecule has 5 nitrogen and oxygen atoms in total. The highest BCUT2D eigenvalue weighted by Crippen LogP contribution is 1.94. The fourth-order valence-electron chi connectivity index (χ4n) is 1.71. The molecule has 0 amide bonds. The summed E-state index contributed by atoms with van der Waals surface area (Å²) in [6.45, 7) is 2.21.